The summed E-state index contributed by atoms with van der Waals surface area (Å²) in [5.74, 6) is -4.91. The fourth-order valence-corrected chi connectivity index (χ4v) is 3.52. The molecule has 0 unspecified atom stereocenters. The molecule has 1 saturated heterocycles. The highest BCUT2D eigenvalue weighted by Crippen LogP contribution is 2.33. The SMILES string of the molecule is O=C(NCc1ccccc1)c1cn(C[C@@H]2CC(F)(F)CN2C(=O)c2ccc(F)cn2)nn1. The second-order valence-electron chi connectivity index (χ2n) is 7.50. The molecule has 2 aromatic heterocycles. The molecule has 3 aromatic rings. The molecule has 0 spiro atoms. The number of aromatic nitrogens is 4. The summed E-state index contributed by atoms with van der Waals surface area (Å²) in [5, 5.41) is 10.4. The van der Waals surface area contributed by atoms with E-state index in [1.54, 1.807) is 0 Å². The molecule has 4 rings (SSSR count). The quantitative estimate of drug-likeness (QED) is 0.630. The molecule has 11 heteroatoms. The van der Waals surface area contributed by atoms with Crippen molar-refractivity contribution in [2.75, 3.05) is 6.54 Å². The Morgan fingerprint density at radius 1 is 1.12 bits per heavy atom. The van der Waals surface area contributed by atoms with Crippen molar-refractivity contribution < 1.29 is 22.8 Å². The van der Waals surface area contributed by atoms with Gasteiger partial charge in [0.2, 0.25) is 0 Å². The van der Waals surface area contributed by atoms with Crippen LogP contribution < -0.4 is 5.32 Å². The van der Waals surface area contributed by atoms with Gasteiger partial charge in [-0.25, -0.2) is 22.8 Å². The second-order valence-corrected chi connectivity index (χ2v) is 7.50. The number of nitrogens with zero attached hydrogens (tertiary/aromatic N) is 5. The van der Waals surface area contributed by atoms with E-state index in [2.05, 4.69) is 20.6 Å². The average Bonchev–Trinajstić information content (AvgIpc) is 3.36. The molecule has 1 atom stereocenters. The van der Waals surface area contributed by atoms with Crippen molar-refractivity contribution >= 4 is 11.8 Å². The Labute approximate surface area is 181 Å². The molecule has 3 heterocycles. The van der Waals surface area contributed by atoms with Gasteiger partial charge in [0.25, 0.3) is 17.7 Å². The van der Waals surface area contributed by atoms with E-state index < -0.39 is 42.6 Å². The van der Waals surface area contributed by atoms with E-state index in [0.29, 0.717) is 6.54 Å². The molecule has 0 bridgehead atoms. The molecule has 32 heavy (non-hydrogen) atoms. The summed E-state index contributed by atoms with van der Waals surface area (Å²) < 4.78 is 42.5. The molecular formula is C21H19F3N6O2. The third-order valence-electron chi connectivity index (χ3n) is 5.05. The van der Waals surface area contributed by atoms with Crippen molar-refractivity contribution in [1.29, 1.82) is 0 Å². The van der Waals surface area contributed by atoms with Crippen molar-refractivity contribution in [3.05, 3.63) is 77.6 Å². The molecule has 1 fully saturated rings. The number of carbonyl (C=O) groups is 2. The highest BCUT2D eigenvalue weighted by Gasteiger charge is 2.47. The van der Waals surface area contributed by atoms with E-state index >= 15 is 0 Å². The van der Waals surface area contributed by atoms with E-state index in [9.17, 15) is 22.8 Å². The molecule has 1 N–H and O–H groups in total. The van der Waals surface area contributed by atoms with Crippen LogP contribution in [0.5, 0.6) is 0 Å². The van der Waals surface area contributed by atoms with Crippen molar-refractivity contribution in [2.24, 2.45) is 0 Å². The third kappa shape index (κ3) is 4.93. The van der Waals surface area contributed by atoms with E-state index in [4.69, 9.17) is 0 Å². The number of amides is 2. The van der Waals surface area contributed by atoms with Crippen LogP contribution in [0.15, 0.2) is 54.9 Å². The monoisotopic (exact) mass is 444 g/mol. The largest absolute Gasteiger partial charge is 0.347 e. The zero-order valence-corrected chi connectivity index (χ0v) is 16.8. The molecule has 0 aliphatic carbocycles. The summed E-state index contributed by atoms with van der Waals surface area (Å²) in [5.41, 5.74) is 0.808. The minimum absolute atomic E-state index is 0.0313. The van der Waals surface area contributed by atoms with Crippen LogP contribution in [0.1, 0.15) is 33.0 Å². The lowest BCUT2D eigenvalue weighted by Crippen LogP contribution is -2.39. The number of halogens is 3. The minimum Gasteiger partial charge on any atom is -0.347 e. The summed E-state index contributed by atoms with van der Waals surface area (Å²) >= 11 is 0. The Bertz CT molecular complexity index is 1100. The molecule has 0 radical (unpaired) electrons. The van der Waals surface area contributed by atoms with Crippen molar-refractivity contribution in [1.82, 2.24) is 30.2 Å². The van der Waals surface area contributed by atoms with Crippen LogP contribution in [0.4, 0.5) is 13.2 Å². The summed E-state index contributed by atoms with van der Waals surface area (Å²) in [6, 6.07) is 10.6. The van der Waals surface area contributed by atoms with Crippen molar-refractivity contribution in [3.8, 4) is 0 Å². The van der Waals surface area contributed by atoms with Gasteiger partial charge in [0, 0.05) is 13.0 Å². The van der Waals surface area contributed by atoms with Gasteiger partial charge in [-0.1, -0.05) is 35.5 Å². The van der Waals surface area contributed by atoms with Gasteiger partial charge in [0.05, 0.1) is 31.5 Å². The molecule has 1 aliphatic rings. The molecule has 1 aliphatic heterocycles. The van der Waals surface area contributed by atoms with Gasteiger partial charge in [-0.3, -0.25) is 9.59 Å². The fourth-order valence-electron chi connectivity index (χ4n) is 3.52. The Morgan fingerprint density at radius 2 is 1.91 bits per heavy atom. The number of rotatable bonds is 6. The van der Waals surface area contributed by atoms with Crippen molar-refractivity contribution in [3.63, 3.8) is 0 Å². The van der Waals surface area contributed by atoms with Crippen LogP contribution in [0.3, 0.4) is 0 Å². The van der Waals surface area contributed by atoms with Crippen LogP contribution in [-0.4, -0.2) is 55.2 Å². The first-order chi connectivity index (χ1) is 15.3. The van der Waals surface area contributed by atoms with Gasteiger partial charge in [-0.15, -0.1) is 5.10 Å². The number of carbonyl (C=O) groups excluding carboxylic acids is 2. The Kier molecular flexibility index (Phi) is 5.89. The summed E-state index contributed by atoms with van der Waals surface area (Å²) in [4.78, 5) is 29.7. The predicted molar refractivity (Wildman–Crippen MR) is 106 cm³/mol. The molecular weight excluding hydrogens is 425 g/mol. The van der Waals surface area contributed by atoms with Gasteiger partial charge in [-0.05, 0) is 17.7 Å². The number of likely N-dealkylation sites (tertiary alicyclic amines) is 1. The highest BCUT2D eigenvalue weighted by atomic mass is 19.3. The molecule has 1 aromatic carbocycles. The number of hydrogen-bond donors (Lipinski definition) is 1. The number of hydrogen-bond acceptors (Lipinski definition) is 5. The lowest BCUT2D eigenvalue weighted by molar-refractivity contribution is 0.0116. The fraction of sp³-hybridized carbons (Fsp3) is 0.286. The highest BCUT2D eigenvalue weighted by molar-refractivity contribution is 5.93. The van der Waals surface area contributed by atoms with E-state index in [1.165, 1.54) is 10.9 Å². The number of nitrogens with one attached hydrogen (secondary N) is 1. The molecule has 0 saturated carbocycles. The molecule has 8 nitrogen and oxygen atoms in total. The molecule has 2 amide bonds. The number of alkyl halides is 2. The minimum atomic E-state index is -3.09. The third-order valence-corrected chi connectivity index (χ3v) is 5.05. The summed E-state index contributed by atoms with van der Waals surface area (Å²) in [6.45, 7) is -0.565. The lowest BCUT2D eigenvalue weighted by Gasteiger charge is -2.23. The topological polar surface area (TPSA) is 93.0 Å². The zero-order chi connectivity index (χ0) is 22.7. The Morgan fingerprint density at radius 3 is 2.62 bits per heavy atom. The van der Waals surface area contributed by atoms with Gasteiger partial charge in [-0.2, -0.15) is 0 Å². The second kappa shape index (κ2) is 8.77. The first-order valence-electron chi connectivity index (χ1n) is 9.83. The first-order valence-corrected chi connectivity index (χ1v) is 9.83. The van der Waals surface area contributed by atoms with Gasteiger partial charge >= 0.3 is 0 Å². The van der Waals surface area contributed by atoms with E-state index in [0.717, 1.165) is 28.8 Å². The smallest absolute Gasteiger partial charge is 0.273 e. The van der Waals surface area contributed by atoms with E-state index in [-0.39, 0.29) is 17.9 Å². The maximum Gasteiger partial charge on any atom is 0.273 e. The zero-order valence-electron chi connectivity index (χ0n) is 16.8. The first kappa shape index (κ1) is 21.5. The van der Waals surface area contributed by atoms with Crippen LogP contribution >= 0.6 is 0 Å². The van der Waals surface area contributed by atoms with Crippen LogP contribution in [-0.2, 0) is 13.1 Å². The normalized spacial score (nSPS) is 17.3. The van der Waals surface area contributed by atoms with Crippen LogP contribution in [0.2, 0.25) is 0 Å². The molecule has 166 valence electrons. The summed E-state index contributed by atoms with van der Waals surface area (Å²) in [6.07, 6.45) is 1.62. The lowest BCUT2D eigenvalue weighted by atomic mass is 10.2. The predicted octanol–water partition coefficient (Wildman–Crippen LogP) is 2.29. The van der Waals surface area contributed by atoms with Crippen LogP contribution in [0, 0.1) is 5.82 Å². The standard InChI is InChI=1S/C21H19F3N6O2/c22-15-6-7-17(25-10-15)20(32)30-13-21(23,24)8-16(30)11-29-12-18(27-28-29)19(31)26-9-14-4-2-1-3-5-14/h1-7,10,12,16H,8-9,11,13H2,(H,26,31)/t16-/m0/s1. The van der Waals surface area contributed by atoms with Gasteiger partial charge < -0.3 is 10.2 Å². The van der Waals surface area contributed by atoms with Crippen molar-refractivity contribution in [2.45, 2.75) is 31.5 Å². The maximum absolute atomic E-state index is 14.1. The Balaban J connectivity index is 1.43. The maximum atomic E-state index is 14.1. The number of benzene rings is 1. The number of pyridine rings is 1. The average molecular weight is 444 g/mol. The Hall–Kier alpha value is -3.76. The van der Waals surface area contributed by atoms with Crippen LogP contribution in [0.25, 0.3) is 0 Å². The van der Waals surface area contributed by atoms with E-state index in [1.807, 2.05) is 30.3 Å². The summed E-state index contributed by atoms with van der Waals surface area (Å²) in [7, 11) is 0. The van der Waals surface area contributed by atoms with Gasteiger partial charge in [0.1, 0.15) is 11.5 Å². The van der Waals surface area contributed by atoms with Gasteiger partial charge in [0.15, 0.2) is 5.69 Å².